The Morgan fingerprint density at radius 1 is 0.690 bits per heavy atom. The molecule has 29 heavy (non-hydrogen) atoms. The van der Waals surface area contributed by atoms with Crippen molar-refractivity contribution >= 4 is 11.9 Å². The van der Waals surface area contributed by atoms with Crippen LogP contribution >= 0.6 is 0 Å². The Labute approximate surface area is 171 Å². The molecule has 0 saturated carbocycles. The van der Waals surface area contributed by atoms with Crippen LogP contribution in [0.2, 0.25) is 0 Å². The molecule has 0 aromatic carbocycles. The molecule has 0 aromatic rings. The van der Waals surface area contributed by atoms with Crippen LogP contribution in [0.25, 0.3) is 0 Å². The Morgan fingerprint density at radius 2 is 1.03 bits per heavy atom. The molecule has 0 aliphatic rings. The van der Waals surface area contributed by atoms with Crippen LogP contribution in [0.4, 0.5) is 13.2 Å². The van der Waals surface area contributed by atoms with Gasteiger partial charge in [-0.1, -0.05) is 78.1 Å². The highest BCUT2D eigenvalue weighted by atomic mass is 19.4. The number of hydrogen-bond acceptors (Lipinski definition) is 5. The number of halogens is 3. The predicted molar refractivity (Wildman–Crippen MR) is 104 cm³/mol. The van der Waals surface area contributed by atoms with Crippen molar-refractivity contribution in [2.24, 2.45) is 0 Å². The number of esters is 2. The second kappa shape index (κ2) is 16.1. The number of carbonyl (C=O) groups excluding carboxylic acids is 2. The molecule has 0 heterocycles. The zero-order valence-corrected chi connectivity index (χ0v) is 17.6. The molecule has 170 valence electrons. The van der Waals surface area contributed by atoms with Gasteiger partial charge < -0.3 is 14.6 Å². The monoisotopic (exact) mass is 424 g/mol. The first-order chi connectivity index (χ1) is 13.8. The van der Waals surface area contributed by atoms with Crippen molar-refractivity contribution in [3.8, 4) is 0 Å². The van der Waals surface area contributed by atoms with E-state index in [1.165, 1.54) is 0 Å². The van der Waals surface area contributed by atoms with Crippen molar-refractivity contribution in [2.45, 2.75) is 97.1 Å². The zero-order valence-electron chi connectivity index (χ0n) is 17.6. The van der Waals surface area contributed by atoms with Gasteiger partial charge in [0.25, 0.3) is 0 Å². The van der Waals surface area contributed by atoms with Crippen molar-refractivity contribution in [3.63, 3.8) is 0 Å². The fourth-order valence-electron chi connectivity index (χ4n) is 2.66. The number of ether oxygens (including phenoxy) is 2. The number of unbranched alkanes of at least 4 members (excludes halogenated alkanes) is 10. The van der Waals surface area contributed by atoms with Crippen molar-refractivity contribution in [3.05, 3.63) is 11.3 Å². The SMILES string of the molecule is CCCCCCCCOC(=O)C(C(=O)OCCCCCCCC)=C(O)C(F)(F)F. The Balaban J connectivity index is 4.59. The highest BCUT2D eigenvalue weighted by Gasteiger charge is 2.42. The third-order valence-electron chi connectivity index (χ3n) is 4.38. The number of rotatable bonds is 16. The maximum absolute atomic E-state index is 12.8. The molecule has 0 fully saturated rings. The maximum atomic E-state index is 12.8. The lowest BCUT2D eigenvalue weighted by molar-refractivity contribution is -0.152. The summed E-state index contributed by atoms with van der Waals surface area (Å²) in [5.74, 6) is -5.30. The van der Waals surface area contributed by atoms with Crippen molar-refractivity contribution < 1.29 is 37.3 Å². The van der Waals surface area contributed by atoms with Crippen LogP contribution in [-0.4, -0.2) is 36.4 Å². The van der Waals surface area contributed by atoms with Crippen LogP contribution < -0.4 is 0 Å². The van der Waals surface area contributed by atoms with Crippen molar-refractivity contribution in [1.82, 2.24) is 0 Å². The molecule has 0 saturated heterocycles. The third kappa shape index (κ3) is 13.2. The number of aliphatic hydroxyl groups excluding tert-OH is 1. The molecule has 0 aliphatic carbocycles. The van der Waals surface area contributed by atoms with Crippen molar-refractivity contribution in [1.29, 1.82) is 0 Å². The second-order valence-electron chi connectivity index (χ2n) is 7.03. The van der Waals surface area contributed by atoms with Crippen LogP contribution in [0.1, 0.15) is 90.9 Å². The van der Waals surface area contributed by atoms with E-state index in [-0.39, 0.29) is 13.2 Å². The van der Waals surface area contributed by atoms with Gasteiger partial charge in [-0.05, 0) is 12.8 Å². The molecule has 0 amide bonds. The Kier molecular flexibility index (Phi) is 15.1. The van der Waals surface area contributed by atoms with E-state index in [4.69, 9.17) is 9.47 Å². The summed E-state index contributed by atoms with van der Waals surface area (Å²) in [4.78, 5) is 23.9. The lowest BCUT2D eigenvalue weighted by Gasteiger charge is -2.12. The molecule has 0 bridgehead atoms. The number of hydrogen-bond donors (Lipinski definition) is 1. The summed E-state index contributed by atoms with van der Waals surface area (Å²) in [7, 11) is 0. The summed E-state index contributed by atoms with van der Waals surface area (Å²) in [6, 6.07) is 0. The maximum Gasteiger partial charge on any atom is 0.449 e. The summed E-state index contributed by atoms with van der Waals surface area (Å²) in [5.41, 5.74) is -1.49. The number of aliphatic hydroxyl groups is 1. The fraction of sp³-hybridized carbons (Fsp3) is 0.810. The van der Waals surface area contributed by atoms with Gasteiger partial charge in [-0.2, -0.15) is 13.2 Å². The lowest BCUT2D eigenvalue weighted by Crippen LogP contribution is -2.26. The van der Waals surface area contributed by atoms with E-state index in [0.29, 0.717) is 12.8 Å². The number of allylic oxidation sites excluding steroid dienone is 1. The first-order valence-electron chi connectivity index (χ1n) is 10.6. The summed E-state index contributed by atoms with van der Waals surface area (Å²) >= 11 is 0. The van der Waals surface area contributed by atoms with Gasteiger partial charge in [-0.25, -0.2) is 9.59 Å². The zero-order chi connectivity index (χ0) is 22.1. The molecule has 8 heteroatoms. The minimum absolute atomic E-state index is 0.121. The van der Waals surface area contributed by atoms with Gasteiger partial charge in [-0.3, -0.25) is 0 Å². The normalized spacial score (nSPS) is 11.2. The third-order valence-corrected chi connectivity index (χ3v) is 4.38. The average molecular weight is 425 g/mol. The van der Waals surface area contributed by atoms with Crippen LogP contribution in [0.3, 0.4) is 0 Å². The summed E-state index contributed by atoms with van der Waals surface area (Å²) < 4.78 is 48.0. The molecule has 0 rings (SSSR count). The molecule has 0 atom stereocenters. The average Bonchev–Trinajstić information content (AvgIpc) is 2.66. The van der Waals surface area contributed by atoms with E-state index < -0.39 is 29.4 Å². The molecular weight excluding hydrogens is 389 g/mol. The van der Waals surface area contributed by atoms with Gasteiger partial charge in [0.05, 0.1) is 13.2 Å². The Hall–Kier alpha value is -1.73. The summed E-state index contributed by atoms with van der Waals surface area (Å²) in [5, 5.41) is 9.34. The quantitative estimate of drug-likeness (QED) is 0.0801. The second-order valence-corrected chi connectivity index (χ2v) is 7.03. The van der Waals surface area contributed by atoms with E-state index >= 15 is 0 Å². The molecule has 0 radical (unpaired) electrons. The lowest BCUT2D eigenvalue weighted by atomic mass is 10.1. The van der Waals surface area contributed by atoms with Gasteiger partial charge in [0.2, 0.25) is 5.76 Å². The molecule has 5 nitrogen and oxygen atoms in total. The first kappa shape index (κ1) is 27.3. The van der Waals surface area contributed by atoms with Gasteiger partial charge in [-0.15, -0.1) is 0 Å². The predicted octanol–water partition coefficient (Wildman–Crippen LogP) is 6.17. The standard InChI is InChI=1S/C21H35F3O5/c1-3-5-7-9-11-13-15-28-19(26)17(18(25)21(22,23)24)20(27)29-16-14-12-10-8-6-4-2/h25H,3-16H2,1-2H3. The van der Waals surface area contributed by atoms with Gasteiger partial charge in [0.15, 0.2) is 5.57 Å². The highest BCUT2D eigenvalue weighted by molar-refractivity contribution is 6.14. The minimum atomic E-state index is -5.24. The van der Waals surface area contributed by atoms with Crippen LogP contribution in [0.15, 0.2) is 11.3 Å². The van der Waals surface area contributed by atoms with E-state index in [9.17, 15) is 27.9 Å². The highest BCUT2D eigenvalue weighted by Crippen LogP contribution is 2.27. The van der Waals surface area contributed by atoms with E-state index in [0.717, 1.165) is 64.2 Å². The van der Waals surface area contributed by atoms with Gasteiger partial charge >= 0.3 is 18.1 Å². The van der Waals surface area contributed by atoms with Crippen LogP contribution in [0, 0.1) is 0 Å². The fourth-order valence-corrected chi connectivity index (χ4v) is 2.66. The van der Waals surface area contributed by atoms with Crippen molar-refractivity contribution in [2.75, 3.05) is 13.2 Å². The molecular formula is C21H35F3O5. The smallest absolute Gasteiger partial charge is 0.449 e. The van der Waals surface area contributed by atoms with E-state index in [2.05, 4.69) is 13.8 Å². The van der Waals surface area contributed by atoms with Crippen LogP contribution in [0.5, 0.6) is 0 Å². The Bertz CT molecular complexity index is 469. The summed E-state index contributed by atoms with van der Waals surface area (Å²) in [6.45, 7) is 3.91. The topological polar surface area (TPSA) is 72.8 Å². The van der Waals surface area contributed by atoms with E-state index in [1.54, 1.807) is 0 Å². The van der Waals surface area contributed by atoms with Gasteiger partial charge in [0, 0.05) is 0 Å². The molecule has 0 aromatic heterocycles. The summed E-state index contributed by atoms with van der Waals surface area (Å²) in [6.07, 6.45) is 5.53. The first-order valence-corrected chi connectivity index (χ1v) is 10.6. The number of alkyl halides is 3. The largest absolute Gasteiger partial charge is 0.503 e. The minimum Gasteiger partial charge on any atom is -0.503 e. The molecule has 0 aliphatic heterocycles. The molecule has 0 unspecified atom stereocenters. The molecule has 1 N–H and O–H groups in total. The van der Waals surface area contributed by atoms with E-state index in [1.807, 2.05) is 0 Å². The van der Waals surface area contributed by atoms with Crippen LogP contribution in [-0.2, 0) is 19.1 Å². The van der Waals surface area contributed by atoms with Gasteiger partial charge in [0.1, 0.15) is 0 Å². The molecule has 0 spiro atoms. The number of carbonyl (C=O) groups is 2. The Morgan fingerprint density at radius 3 is 1.38 bits per heavy atom.